The van der Waals surface area contributed by atoms with Gasteiger partial charge in [0.15, 0.2) is 0 Å². The highest BCUT2D eigenvalue weighted by Gasteiger charge is 2.23. The molecule has 1 aliphatic carbocycles. The number of H-pyrrole nitrogens is 1. The number of nitrogens with one attached hydrogen (secondary N) is 2. The molecular weight excluding hydrogens is 250 g/mol. The van der Waals surface area contributed by atoms with E-state index in [4.69, 9.17) is 0 Å². The summed E-state index contributed by atoms with van der Waals surface area (Å²) in [7, 11) is 0. The van der Waals surface area contributed by atoms with Crippen LogP contribution in [0.5, 0.6) is 0 Å². The first-order valence-electron chi connectivity index (χ1n) is 7.14. The number of amides is 1. The van der Waals surface area contributed by atoms with Crippen LogP contribution < -0.4 is 5.32 Å². The summed E-state index contributed by atoms with van der Waals surface area (Å²) in [6.45, 7) is 2.23. The molecule has 1 fully saturated rings. The Bertz CT molecular complexity index is 591. The van der Waals surface area contributed by atoms with Gasteiger partial charge in [-0.05, 0) is 31.2 Å². The highest BCUT2D eigenvalue weighted by molar-refractivity contribution is 5.93. The monoisotopic (exact) mass is 269 g/mol. The summed E-state index contributed by atoms with van der Waals surface area (Å²) in [4.78, 5) is 12.2. The van der Waals surface area contributed by atoms with Gasteiger partial charge in [0.25, 0.3) is 5.91 Å². The van der Waals surface area contributed by atoms with E-state index in [-0.39, 0.29) is 5.91 Å². The van der Waals surface area contributed by atoms with E-state index in [9.17, 15) is 4.79 Å². The van der Waals surface area contributed by atoms with Crippen molar-refractivity contribution < 1.29 is 4.79 Å². The van der Waals surface area contributed by atoms with Crippen molar-refractivity contribution in [1.82, 2.24) is 15.5 Å². The molecule has 1 aliphatic rings. The van der Waals surface area contributed by atoms with E-state index in [2.05, 4.69) is 22.4 Å². The summed E-state index contributed by atoms with van der Waals surface area (Å²) in [5.74, 6) is 0.653. The van der Waals surface area contributed by atoms with E-state index in [1.165, 1.54) is 6.42 Å². The fourth-order valence-electron chi connectivity index (χ4n) is 2.80. The normalized spacial score (nSPS) is 21.9. The Morgan fingerprint density at radius 1 is 1.30 bits per heavy atom. The van der Waals surface area contributed by atoms with E-state index in [0.717, 1.165) is 24.1 Å². The van der Waals surface area contributed by atoms with Gasteiger partial charge in [0.05, 0.1) is 5.69 Å². The molecule has 1 amide bonds. The SMILES string of the molecule is CC1CCC(NC(=O)c2cc(-c3ccccc3)n[nH]2)C1. The molecule has 20 heavy (non-hydrogen) atoms. The summed E-state index contributed by atoms with van der Waals surface area (Å²) in [6.07, 6.45) is 3.35. The number of aromatic nitrogens is 2. The number of aromatic amines is 1. The van der Waals surface area contributed by atoms with Gasteiger partial charge in [-0.3, -0.25) is 9.89 Å². The number of nitrogens with zero attached hydrogens (tertiary/aromatic N) is 1. The second kappa shape index (κ2) is 5.49. The molecule has 0 bridgehead atoms. The van der Waals surface area contributed by atoms with Gasteiger partial charge in [-0.1, -0.05) is 37.3 Å². The van der Waals surface area contributed by atoms with Crippen molar-refractivity contribution in [2.45, 2.75) is 32.2 Å². The van der Waals surface area contributed by atoms with Crippen LogP contribution in [0.1, 0.15) is 36.7 Å². The van der Waals surface area contributed by atoms with Crippen molar-refractivity contribution in [3.05, 3.63) is 42.1 Å². The number of hydrogen-bond donors (Lipinski definition) is 2. The lowest BCUT2D eigenvalue weighted by Crippen LogP contribution is -2.33. The second-order valence-corrected chi connectivity index (χ2v) is 5.62. The first-order chi connectivity index (χ1) is 9.72. The van der Waals surface area contributed by atoms with Crippen LogP contribution in [0.15, 0.2) is 36.4 Å². The van der Waals surface area contributed by atoms with Crippen LogP contribution in [0.25, 0.3) is 11.3 Å². The predicted octanol–water partition coefficient (Wildman–Crippen LogP) is 3.00. The zero-order valence-electron chi connectivity index (χ0n) is 11.6. The Balaban J connectivity index is 1.69. The maximum absolute atomic E-state index is 12.2. The summed E-state index contributed by atoms with van der Waals surface area (Å²) in [5.41, 5.74) is 2.34. The molecule has 0 radical (unpaired) electrons. The van der Waals surface area contributed by atoms with Crippen LogP contribution in [0.4, 0.5) is 0 Å². The van der Waals surface area contributed by atoms with Crippen molar-refractivity contribution in [2.75, 3.05) is 0 Å². The smallest absolute Gasteiger partial charge is 0.269 e. The first kappa shape index (κ1) is 12.9. The molecule has 0 aliphatic heterocycles. The van der Waals surface area contributed by atoms with Crippen LogP contribution in [0.3, 0.4) is 0 Å². The number of carbonyl (C=O) groups is 1. The standard InChI is InChI=1S/C16H19N3O/c1-11-7-8-13(9-11)17-16(20)15-10-14(18-19-15)12-5-3-2-4-6-12/h2-6,10-11,13H,7-9H2,1H3,(H,17,20)(H,18,19). The minimum Gasteiger partial charge on any atom is -0.348 e. The highest BCUT2D eigenvalue weighted by Crippen LogP contribution is 2.25. The van der Waals surface area contributed by atoms with Gasteiger partial charge in [-0.25, -0.2) is 0 Å². The van der Waals surface area contributed by atoms with Crippen LogP contribution in [0, 0.1) is 5.92 Å². The molecular formula is C16H19N3O. The number of hydrogen-bond acceptors (Lipinski definition) is 2. The molecule has 1 heterocycles. The summed E-state index contributed by atoms with van der Waals surface area (Å²) in [6, 6.07) is 12.0. The fraction of sp³-hybridized carbons (Fsp3) is 0.375. The lowest BCUT2D eigenvalue weighted by molar-refractivity contribution is 0.0932. The third-order valence-corrected chi connectivity index (χ3v) is 3.92. The average Bonchev–Trinajstić information content (AvgIpc) is 3.09. The van der Waals surface area contributed by atoms with Crippen molar-refractivity contribution in [2.24, 2.45) is 5.92 Å². The van der Waals surface area contributed by atoms with Gasteiger partial charge in [0.1, 0.15) is 5.69 Å². The van der Waals surface area contributed by atoms with E-state index < -0.39 is 0 Å². The zero-order chi connectivity index (χ0) is 13.9. The summed E-state index contributed by atoms with van der Waals surface area (Å²) >= 11 is 0. The first-order valence-corrected chi connectivity index (χ1v) is 7.14. The van der Waals surface area contributed by atoms with Gasteiger partial charge < -0.3 is 5.32 Å². The maximum Gasteiger partial charge on any atom is 0.269 e. The lowest BCUT2D eigenvalue weighted by Gasteiger charge is -2.10. The lowest BCUT2D eigenvalue weighted by atomic mass is 10.1. The topological polar surface area (TPSA) is 57.8 Å². The number of benzene rings is 1. The molecule has 3 rings (SSSR count). The minimum atomic E-state index is -0.0567. The molecule has 2 aromatic rings. The van der Waals surface area contributed by atoms with Gasteiger partial charge in [0.2, 0.25) is 0 Å². The van der Waals surface area contributed by atoms with Crippen LogP contribution in [-0.2, 0) is 0 Å². The fourth-order valence-corrected chi connectivity index (χ4v) is 2.80. The quantitative estimate of drug-likeness (QED) is 0.900. The Morgan fingerprint density at radius 3 is 2.80 bits per heavy atom. The summed E-state index contributed by atoms with van der Waals surface area (Å²) in [5, 5.41) is 10.1. The average molecular weight is 269 g/mol. The third-order valence-electron chi connectivity index (χ3n) is 3.92. The van der Waals surface area contributed by atoms with Crippen molar-refractivity contribution in [3.63, 3.8) is 0 Å². The van der Waals surface area contributed by atoms with E-state index in [1.54, 1.807) is 0 Å². The Kier molecular flexibility index (Phi) is 3.54. The van der Waals surface area contributed by atoms with E-state index in [0.29, 0.717) is 17.7 Å². The molecule has 1 aromatic heterocycles. The molecule has 2 N–H and O–H groups in total. The van der Waals surface area contributed by atoms with E-state index in [1.807, 2.05) is 36.4 Å². The maximum atomic E-state index is 12.2. The van der Waals surface area contributed by atoms with Crippen LogP contribution in [-0.4, -0.2) is 22.1 Å². The molecule has 4 nitrogen and oxygen atoms in total. The number of rotatable bonds is 3. The van der Waals surface area contributed by atoms with Crippen molar-refractivity contribution >= 4 is 5.91 Å². The van der Waals surface area contributed by atoms with Gasteiger partial charge in [-0.2, -0.15) is 5.10 Å². The molecule has 1 saturated carbocycles. The largest absolute Gasteiger partial charge is 0.348 e. The third kappa shape index (κ3) is 2.74. The van der Waals surface area contributed by atoms with E-state index >= 15 is 0 Å². The zero-order valence-corrected chi connectivity index (χ0v) is 11.6. The molecule has 1 aromatic carbocycles. The highest BCUT2D eigenvalue weighted by atomic mass is 16.2. The molecule has 0 spiro atoms. The Morgan fingerprint density at radius 2 is 2.10 bits per heavy atom. The van der Waals surface area contributed by atoms with Gasteiger partial charge in [-0.15, -0.1) is 0 Å². The summed E-state index contributed by atoms with van der Waals surface area (Å²) < 4.78 is 0. The Labute approximate surface area is 118 Å². The molecule has 2 atom stereocenters. The van der Waals surface area contributed by atoms with Gasteiger partial charge >= 0.3 is 0 Å². The van der Waals surface area contributed by atoms with Crippen LogP contribution in [0.2, 0.25) is 0 Å². The Hall–Kier alpha value is -2.10. The molecule has 104 valence electrons. The molecule has 4 heteroatoms. The van der Waals surface area contributed by atoms with Crippen LogP contribution >= 0.6 is 0 Å². The second-order valence-electron chi connectivity index (χ2n) is 5.62. The molecule has 2 unspecified atom stereocenters. The number of carbonyl (C=O) groups excluding carboxylic acids is 1. The predicted molar refractivity (Wildman–Crippen MR) is 78.3 cm³/mol. The molecule has 0 saturated heterocycles. The van der Waals surface area contributed by atoms with Crippen molar-refractivity contribution in [3.8, 4) is 11.3 Å². The minimum absolute atomic E-state index is 0.0567. The van der Waals surface area contributed by atoms with Gasteiger partial charge in [0, 0.05) is 11.6 Å². The van der Waals surface area contributed by atoms with Crippen molar-refractivity contribution in [1.29, 1.82) is 0 Å².